The van der Waals surface area contributed by atoms with Gasteiger partial charge in [-0.05, 0) is 37.3 Å². The number of imidazole rings is 1. The molecule has 0 atom stereocenters. The molecule has 0 amide bonds. The molecule has 0 unspecified atom stereocenters. The van der Waals surface area contributed by atoms with E-state index in [4.69, 9.17) is 9.98 Å². The van der Waals surface area contributed by atoms with Gasteiger partial charge in [-0.25, -0.2) is 4.98 Å². The second-order valence-corrected chi connectivity index (χ2v) is 7.22. The first-order chi connectivity index (χ1) is 12.8. The average Bonchev–Trinajstić information content (AvgIpc) is 3.10. The van der Waals surface area contributed by atoms with Crippen LogP contribution in [-0.2, 0) is 32.4 Å². The average molecular weight is 351 g/mol. The van der Waals surface area contributed by atoms with Gasteiger partial charge < -0.3 is 14.8 Å². The van der Waals surface area contributed by atoms with Gasteiger partial charge in [-0.15, -0.1) is 0 Å². The molecule has 0 spiro atoms. The number of nitrogens with one attached hydrogen (secondary N) is 1. The third kappa shape index (κ3) is 3.76. The van der Waals surface area contributed by atoms with Gasteiger partial charge in [0.2, 0.25) is 0 Å². The summed E-state index contributed by atoms with van der Waals surface area (Å²) in [7, 11) is 0. The van der Waals surface area contributed by atoms with Crippen molar-refractivity contribution in [3.05, 3.63) is 53.1 Å². The van der Waals surface area contributed by atoms with Crippen LogP contribution in [0.3, 0.4) is 0 Å². The van der Waals surface area contributed by atoms with Crippen molar-refractivity contribution in [1.29, 1.82) is 0 Å². The Labute approximate surface area is 156 Å². The predicted molar refractivity (Wildman–Crippen MR) is 105 cm³/mol. The number of aliphatic imine (C=N–C) groups is 1. The molecule has 2 aliphatic rings. The molecule has 4 rings (SSSR count). The Bertz CT molecular complexity index is 753. The largest absolute Gasteiger partial charge is 0.357 e. The first-order valence-corrected chi connectivity index (χ1v) is 9.98. The van der Waals surface area contributed by atoms with Gasteiger partial charge in [0.05, 0.1) is 5.69 Å². The fraction of sp³-hybridized carbons (Fsp3) is 0.524. The summed E-state index contributed by atoms with van der Waals surface area (Å²) in [6.07, 6.45) is 7.92. The van der Waals surface area contributed by atoms with E-state index < -0.39 is 0 Å². The molecule has 5 nitrogen and oxygen atoms in total. The minimum absolute atomic E-state index is 0.789. The molecule has 0 fully saturated rings. The van der Waals surface area contributed by atoms with E-state index in [1.54, 1.807) is 0 Å². The van der Waals surface area contributed by atoms with E-state index in [0.29, 0.717) is 0 Å². The maximum Gasteiger partial charge on any atom is 0.194 e. The van der Waals surface area contributed by atoms with Crippen LogP contribution in [0.25, 0.3) is 0 Å². The van der Waals surface area contributed by atoms with E-state index in [-0.39, 0.29) is 0 Å². The maximum atomic E-state index is 4.89. The Morgan fingerprint density at radius 3 is 2.88 bits per heavy atom. The van der Waals surface area contributed by atoms with Gasteiger partial charge in [0.15, 0.2) is 5.96 Å². The van der Waals surface area contributed by atoms with E-state index in [1.807, 2.05) is 0 Å². The number of hydrogen-bond acceptors (Lipinski definition) is 2. The molecular weight excluding hydrogens is 322 g/mol. The zero-order valence-electron chi connectivity index (χ0n) is 15.7. The lowest BCUT2D eigenvalue weighted by Gasteiger charge is -2.31. The summed E-state index contributed by atoms with van der Waals surface area (Å²) in [4.78, 5) is 12.1. The van der Waals surface area contributed by atoms with Crippen LogP contribution in [0.5, 0.6) is 0 Å². The zero-order chi connectivity index (χ0) is 17.8. The van der Waals surface area contributed by atoms with Crippen LogP contribution in [0.1, 0.15) is 42.4 Å². The molecule has 138 valence electrons. The van der Waals surface area contributed by atoms with Gasteiger partial charge in [-0.1, -0.05) is 24.3 Å². The highest BCUT2D eigenvalue weighted by Gasteiger charge is 2.18. The van der Waals surface area contributed by atoms with Crippen molar-refractivity contribution in [3.8, 4) is 0 Å². The first-order valence-electron chi connectivity index (χ1n) is 9.98. The number of aryl methyl sites for hydroxylation is 2. The quantitative estimate of drug-likeness (QED) is 0.680. The number of aromatic nitrogens is 2. The van der Waals surface area contributed by atoms with Gasteiger partial charge in [0.25, 0.3) is 0 Å². The lowest BCUT2D eigenvalue weighted by atomic mass is 10.0. The lowest BCUT2D eigenvalue weighted by molar-refractivity contribution is 0.379. The minimum atomic E-state index is 0.789. The molecule has 0 saturated carbocycles. The molecule has 2 aromatic rings. The first kappa shape index (κ1) is 17.1. The van der Waals surface area contributed by atoms with E-state index in [0.717, 1.165) is 57.9 Å². The fourth-order valence-electron chi connectivity index (χ4n) is 3.97. The Morgan fingerprint density at radius 2 is 2.04 bits per heavy atom. The van der Waals surface area contributed by atoms with Gasteiger partial charge in [-0.3, -0.25) is 4.99 Å². The summed E-state index contributed by atoms with van der Waals surface area (Å²) in [5.41, 5.74) is 4.08. The Hall–Kier alpha value is -2.30. The van der Waals surface area contributed by atoms with E-state index >= 15 is 0 Å². The minimum Gasteiger partial charge on any atom is -0.357 e. The van der Waals surface area contributed by atoms with Gasteiger partial charge in [0.1, 0.15) is 5.82 Å². The second kappa shape index (κ2) is 7.94. The summed E-state index contributed by atoms with van der Waals surface area (Å²) < 4.78 is 2.33. The molecule has 3 heterocycles. The van der Waals surface area contributed by atoms with Crippen LogP contribution in [0, 0.1) is 0 Å². The van der Waals surface area contributed by atoms with Crippen molar-refractivity contribution in [2.24, 2.45) is 4.99 Å². The molecule has 1 aromatic heterocycles. The molecule has 1 N–H and O–H groups in total. The molecule has 2 aliphatic heterocycles. The number of hydrogen-bond donors (Lipinski definition) is 1. The normalized spacial score (nSPS) is 17.0. The summed E-state index contributed by atoms with van der Waals surface area (Å²) in [6.45, 7) is 6.92. The molecule has 26 heavy (non-hydrogen) atoms. The van der Waals surface area contributed by atoms with Crippen LogP contribution in [0.4, 0.5) is 0 Å². The zero-order valence-corrected chi connectivity index (χ0v) is 15.7. The van der Waals surface area contributed by atoms with Crippen LogP contribution >= 0.6 is 0 Å². The summed E-state index contributed by atoms with van der Waals surface area (Å²) >= 11 is 0. The van der Waals surface area contributed by atoms with E-state index in [1.165, 1.54) is 35.5 Å². The van der Waals surface area contributed by atoms with Crippen LogP contribution in [-0.4, -0.2) is 40.0 Å². The third-order valence-electron chi connectivity index (χ3n) is 5.35. The van der Waals surface area contributed by atoms with Crippen molar-refractivity contribution in [2.75, 3.05) is 19.6 Å². The molecular formula is C21H29N5. The smallest absolute Gasteiger partial charge is 0.194 e. The number of rotatable bonds is 4. The summed E-state index contributed by atoms with van der Waals surface area (Å²) in [6, 6.07) is 8.75. The van der Waals surface area contributed by atoms with Crippen molar-refractivity contribution in [3.63, 3.8) is 0 Å². The van der Waals surface area contributed by atoms with Crippen molar-refractivity contribution < 1.29 is 0 Å². The van der Waals surface area contributed by atoms with Crippen LogP contribution in [0.2, 0.25) is 0 Å². The van der Waals surface area contributed by atoms with Crippen molar-refractivity contribution in [1.82, 2.24) is 19.8 Å². The number of fused-ring (bicyclic) bond motifs is 2. The van der Waals surface area contributed by atoms with Crippen molar-refractivity contribution in [2.45, 2.75) is 52.1 Å². The molecule has 0 radical (unpaired) electrons. The van der Waals surface area contributed by atoms with Gasteiger partial charge in [0, 0.05) is 51.8 Å². The molecule has 5 heteroatoms. The topological polar surface area (TPSA) is 45.5 Å². The summed E-state index contributed by atoms with van der Waals surface area (Å²) in [5, 5.41) is 3.47. The fourth-order valence-corrected chi connectivity index (χ4v) is 3.97. The molecule has 0 bridgehead atoms. The third-order valence-corrected chi connectivity index (χ3v) is 5.35. The SMILES string of the molecule is CCNC(=NCCc1cn2c(n1)CCCC2)N1CCc2ccccc2C1. The molecule has 0 saturated heterocycles. The Kier molecular flexibility index (Phi) is 5.23. The Balaban J connectivity index is 1.41. The second-order valence-electron chi connectivity index (χ2n) is 7.22. The highest BCUT2D eigenvalue weighted by atomic mass is 15.3. The van der Waals surface area contributed by atoms with Gasteiger partial charge in [-0.2, -0.15) is 0 Å². The lowest BCUT2D eigenvalue weighted by Crippen LogP contribution is -2.44. The van der Waals surface area contributed by atoms with Crippen LogP contribution in [0.15, 0.2) is 35.5 Å². The standard InChI is InChI=1S/C21H29N5/c1-2-22-21(26-14-11-17-7-3-4-8-18(17)15-26)23-12-10-19-16-25-13-6-5-9-20(25)24-19/h3-4,7-8,16H,2,5-6,9-15H2,1H3,(H,22,23). The predicted octanol–water partition coefficient (Wildman–Crippen LogP) is 2.79. The highest BCUT2D eigenvalue weighted by Crippen LogP contribution is 2.19. The number of guanidine groups is 1. The Morgan fingerprint density at radius 1 is 1.15 bits per heavy atom. The maximum absolute atomic E-state index is 4.89. The number of nitrogens with zero attached hydrogens (tertiary/aromatic N) is 4. The van der Waals surface area contributed by atoms with E-state index in [9.17, 15) is 0 Å². The van der Waals surface area contributed by atoms with E-state index in [2.05, 4.69) is 52.2 Å². The highest BCUT2D eigenvalue weighted by molar-refractivity contribution is 5.80. The molecule has 1 aromatic carbocycles. The summed E-state index contributed by atoms with van der Waals surface area (Å²) in [5.74, 6) is 2.29. The van der Waals surface area contributed by atoms with Crippen molar-refractivity contribution >= 4 is 5.96 Å². The van der Waals surface area contributed by atoms with Gasteiger partial charge >= 0.3 is 0 Å². The van der Waals surface area contributed by atoms with Crippen LogP contribution < -0.4 is 5.32 Å². The monoisotopic (exact) mass is 351 g/mol. The number of benzene rings is 1. The molecule has 0 aliphatic carbocycles.